The zero-order chi connectivity index (χ0) is 15.2. The van der Waals surface area contributed by atoms with E-state index in [1.165, 1.54) is 5.39 Å². The van der Waals surface area contributed by atoms with Crippen molar-refractivity contribution in [3.05, 3.63) is 71.9 Å². The zero-order valence-electron chi connectivity index (χ0n) is 12.1. The van der Waals surface area contributed by atoms with Gasteiger partial charge >= 0.3 is 0 Å². The maximum atomic E-state index is 11.8. The summed E-state index contributed by atoms with van der Waals surface area (Å²) in [6.45, 7) is 0. The number of aromatic amines is 1. The van der Waals surface area contributed by atoms with Crippen LogP contribution >= 0.6 is 0 Å². The summed E-state index contributed by atoms with van der Waals surface area (Å²) in [4.78, 5) is 15.0. The lowest BCUT2D eigenvalue weighted by Gasteiger charge is -2.00. The van der Waals surface area contributed by atoms with Crippen LogP contribution in [0.4, 0.5) is 0 Å². The first-order chi connectivity index (χ1) is 10.8. The molecule has 3 rings (SSSR count). The van der Waals surface area contributed by atoms with Crippen molar-refractivity contribution in [2.45, 2.75) is 12.8 Å². The molecule has 0 saturated carbocycles. The molecule has 0 fully saturated rings. The molecule has 4 nitrogen and oxygen atoms in total. The molecule has 0 bridgehead atoms. The molecular weight excluding hydrogens is 274 g/mol. The van der Waals surface area contributed by atoms with Crippen molar-refractivity contribution in [2.75, 3.05) is 0 Å². The first-order valence-electron chi connectivity index (χ1n) is 7.25. The van der Waals surface area contributed by atoms with Crippen LogP contribution in [0.3, 0.4) is 0 Å². The third-order valence-electron chi connectivity index (χ3n) is 3.50. The van der Waals surface area contributed by atoms with Crippen molar-refractivity contribution < 1.29 is 4.79 Å². The lowest BCUT2D eigenvalue weighted by Crippen LogP contribution is -2.17. The first kappa shape index (κ1) is 14.1. The molecule has 0 aliphatic rings. The van der Waals surface area contributed by atoms with Crippen LogP contribution in [-0.4, -0.2) is 17.1 Å². The normalized spacial score (nSPS) is 11.1. The molecule has 0 spiro atoms. The number of rotatable bonds is 5. The van der Waals surface area contributed by atoms with E-state index in [-0.39, 0.29) is 5.91 Å². The number of para-hydroxylation sites is 1. The van der Waals surface area contributed by atoms with Gasteiger partial charge in [-0.1, -0.05) is 48.5 Å². The van der Waals surface area contributed by atoms with E-state index in [1.54, 1.807) is 6.21 Å². The SMILES string of the molecule is O=C(CCc1c[nH]c2ccccc12)N/N=C/c1ccccc1. The monoisotopic (exact) mass is 291 g/mol. The van der Waals surface area contributed by atoms with Gasteiger partial charge in [0, 0.05) is 23.5 Å². The van der Waals surface area contributed by atoms with Gasteiger partial charge in [0.2, 0.25) is 5.91 Å². The molecule has 0 aliphatic carbocycles. The second-order valence-corrected chi connectivity index (χ2v) is 5.06. The highest BCUT2D eigenvalue weighted by atomic mass is 16.2. The van der Waals surface area contributed by atoms with Crippen molar-refractivity contribution in [2.24, 2.45) is 5.10 Å². The van der Waals surface area contributed by atoms with Crippen LogP contribution in [0.1, 0.15) is 17.5 Å². The van der Waals surface area contributed by atoms with E-state index in [0.717, 1.165) is 16.6 Å². The van der Waals surface area contributed by atoms with E-state index in [1.807, 2.05) is 54.7 Å². The summed E-state index contributed by atoms with van der Waals surface area (Å²) in [6.07, 6.45) is 4.71. The summed E-state index contributed by atoms with van der Waals surface area (Å²) in [7, 11) is 0. The van der Waals surface area contributed by atoms with Crippen molar-refractivity contribution in [1.82, 2.24) is 10.4 Å². The number of amides is 1. The molecule has 4 heteroatoms. The van der Waals surface area contributed by atoms with E-state index in [4.69, 9.17) is 0 Å². The Morgan fingerprint density at radius 1 is 1.09 bits per heavy atom. The summed E-state index contributed by atoms with van der Waals surface area (Å²) in [5.41, 5.74) is 5.77. The number of hydrogen-bond acceptors (Lipinski definition) is 2. The molecule has 0 radical (unpaired) electrons. The van der Waals surface area contributed by atoms with Gasteiger partial charge in [0.05, 0.1) is 6.21 Å². The fraction of sp³-hybridized carbons (Fsp3) is 0.111. The van der Waals surface area contributed by atoms with Crippen molar-refractivity contribution in [1.29, 1.82) is 0 Å². The van der Waals surface area contributed by atoms with Crippen LogP contribution in [0.25, 0.3) is 10.9 Å². The van der Waals surface area contributed by atoms with Crippen LogP contribution in [-0.2, 0) is 11.2 Å². The Labute approximate surface area is 128 Å². The van der Waals surface area contributed by atoms with E-state index in [2.05, 4.69) is 21.6 Å². The molecule has 1 aromatic heterocycles. The van der Waals surface area contributed by atoms with E-state index >= 15 is 0 Å². The first-order valence-corrected chi connectivity index (χ1v) is 7.25. The number of carbonyl (C=O) groups is 1. The standard InChI is InChI=1S/C18H17N3O/c22-18(21-20-12-14-6-2-1-3-7-14)11-10-15-13-19-17-9-5-4-8-16(15)17/h1-9,12-13,19H,10-11H2,(H,21,22)/b20-12+. The minimum atomic E-state index is -0.0857. The van der Waals surface area contributed by atoms with Crippen LogP contribution < -0.4 is 5.43 Å². The minimum Gasteiger partial charge on any atom is -0.361 e. The quantitative estimate of drug-likeness (QED) is 0.550. The van der Waals surface area contributed by atoms with Gasteiger partial charge in [0.1, 0.15) is 0 Å². The predicted octanol–water partition coefficient (Wildman–Crippen LogP) is 3.25. The van der Waals surface area contributed by atoms with Gasteiger partial charge in [0.15, 0.2) is 0 Å². The molecular formula is C18H17N3O. The highest BCUT2D eigenvalue weighted by Crippen LogP contribution is 2.18. The van der Waals surface area contributed by atoms with Crippen molar-refractivity contribution >= 4 is 23.0 Å². The van der Waals surface area contributed by atoms with Crippen LogP contribution in [0.15, 0.2) is 65.9 Å². The van der Waals surface area contributed by atoms with Crippen LogP contribution in [0.5, 0.6) is 0 Å². The van der Waals surface area contributed by atoms with Gasteiger partial charge in [-0.15, -0.1) is 0 Å². The van der Waals surface area contributed by atoms with Gasteiger partial charge < -0.3 is 4.98 Å². The highest BCUT2D eigenvalue weighted by molar-refractivity contribution is 5.85. The molecule has 0 saturated heterocycles. The Hall–Kier alpha value is -2.88. The lowest BCUT2D eigenvalue weighted by molar-refractivity contribution is -0.121. The van der Waals surface area contributed by atoms with Crippen LogP contribution in [0, 0.1) is 0 Å². The third kappa shape index (κ3) is 3.41. The smallest absolute Gasteiger partial charge is 0.240 e. The molecule has 110 valence electrons. The van der Waals surface area contributed by atoms with Gasteiger partial charge in [0.25, 0.3) is 0 Å². The number of aryl methyl sites for hydroxylation is 1. The molecule has 1 amide bonds. The maximum absolute atomic E-state index is 11.8. The number of benzene rings is 2. The number of hydrazone groups is 1. The second-order valence-electron chi connectivity index (χ2n) is 5.06. The molecule has 2 N–H and O–H groups in total. The maximum Gasteiger partial charge on any atom is 0.240 e. The molecule has 0 aliphatic heterocycles. The number of fused-ring (bicyclic) bond motifs is 1. The van der Waals surface area contributed by atoms with Gasteiger partial charge in [-0.25, -0.2) is 5.43 Å². The fourth-order valence-electron chi connectivity index (χ4n) is 2.36. The number of nitrogens with one attached hydrogen (secondary N) is 2. The van der Waals surface area contributed by atoms with Crippen molar-refractivity contribution in [3.8, 4) is 0 Å². The highest BCUT2D eigenvalue weighted by Gasteiger charge is 2.05. The summed E-state index contributed by atoms with van der Waals surface area (Å²) in [5, 5.41) is 5.14. The van der Waals surface area contributed by atoms with Gasteiger partial charge in [-0.05, 0) is 23.6 Å². The molecule has 1 heterocycles. The van der Waals surface area contributed by atoms with Crippen LogP contribution in [0.2, 0.25) is 0 Å². The summed E-state index contributed by atoms with van der Waals surface area (Å²) < 4.78 is 0. The number of H-pyrrole nitrogens is 1. The minimum absolute atomic E-state index is 0.0857. The lowest BCUT2D eigenvalue weighted by atomic mass is 10.1. The van der Waals surface area contributed by atoms with E-state index in [9.17, 15) is 4.79 Å². The molecule has 22 heavy (non-hydrogen) atoms. The largest absolute Gasteiger partial charge is 0.361 e. The fourth-order valence-corrected chi connectivity index (χ4v) is 2.36. The number of aromatic nitrogens is 1. The van der Waals surface area contributed by atoms with E-state index in [0.29, 0.717) is 12.8 Å². The Bertz CT molecular complexity index is 790. The summed E-state index contributed by atoms with van der Waals surface area (Å²) in [5.74, 6) is -0.0857. The van der Waals surface area contributed by atoms with E-state index < -0.39 is 0 Å². The summed E-state index contributed by atoms with van der Waals surface area (Å²) >= 11 is 0. The number of nitrogens with zero attached hydrogens (tertiary/aromatic N) is 1. The third-order valence-corrected chi connectivity index (χ3v) is 3.50. The summed E-state index contributed by atoms with van der Waals surface area (Å²) in [6, 6.07) is 17.8. The average Bonchev–Trinajstić information content (AvgIpc) is 2.97. The Morgan fingerprint density at radius 2 is 1.86 bits per heavy atom. The predicted molar refractivity (Wildman–Crippen MR) is 88.8 cm³/mol. The molecule has 2 aromatic carbocycles. The van der Waals surface area contributed by atoms with Crippen molar-refractivity contribution in [3.63, 3.8) is 0 Å². The Kier molecular flexibility index (Phi) is 4.30. The average molecular weight is 291 g/mol. The Balaban J connectivity index is 1.53. The second kappa shape index (κ2) is 6.72. The zero-order valence-corrected chi connectivity index (χ0v) is 12.1. The topological polar surface area (TPSA) is 57.2 Å². The number of hydrogen-bond donors (Lipinski definition) is 2. The number of carbonyl (C=O) groups excluding carboxylic acids is 1. The molecule has 3 aromatic rings. The van der Waals surface area contributed by atoms with Gasteiger partial charge in [-0.3, -0.25) is 4.79 Å². The molecule has 0 unspecified atom stereocenters. The Morgan fingerprint density at radius 3 is 2.73 bits per heavy atom. The molecule has 0 atom stereocenters. The van der Waals surface area contributed by atoms with Gasteiger partial charge in [-0.2, -0.15) is 5.10 Å².